The zero-order chi connectivity index (χ0) is 25.7. The van der Waals surface area contributed by atoms with Crippen LogP contribution in [0.4, 0.5) is 10.1 Å². The first kappa shape index (κ1) is 24.1. The molecule has 0 saturated carbocycles. The molecule has 6 rings (SSSR count). The molecule has 2 unspecified atom stereocenters. The summed E-state index contributed by atoms with van der Waals surface area (Å²) in [5, 5.41) is -0.182. The molecule has 0 aliphatic carbocycles. The van der Waals surface area contributed by atoms with Crippen molar-refractivity contribution in [3.63, 3.8) is 0 Å². The quantitative estimate of drug-likeness (QED) is 0.473. The minimum atomic E-state index is -0.763. The monoisotopic (exact) mass is 537 g/mol. The van der Waals surface area contributed by atoms with Crippen LogP contribution >= 0.6 is 23.1 Å². The van der Waals surface area contributed by atoms with Crippen molar-refractivity contribution in [1.29, 1.82) is 0 Å². The largest absolute Gasteiger partial charge is 0.341 e. The number of thioether (sulfide) groups is 1. The van der Waals surface area contributed by atoms with Crippen LogP contribution in [-0.4, -0.2) is 45.5 Å². The van der Waals surface area contributed by atoms with Crippen LogP contribution in [0.25, 0.3) is 0 Å². The Balaban J connectivity index is 1.42. The molecule has 2 aromatic carbocycles. The number of halogens is 1. The third kappa shape index (κ3) is 4.12. The predicted octanol–water partition coefficient (Wildman–Crippen LogP) is 3.86. The molecule has 2 saturated heterocycles. The number of carbonyl (C=O) groups excluding carboxylic acids is 3. The molecule has 4 heterocycles. The molecule has 0 N–H and O–H groups in total. The topological polar surface area (TPSA) is 79.7 Å². The second kappa shape index (κ2) is 9.57. The number of imide groups is 1. The maximum Gasteiger partial charge on any atom is 0.308 e. The summed E-state index contributed by atoms with van der Waals surface area (Å²) in [6, 6.07) is 14.7. The minimum Gasteiger partial charge on any atom is -0.341 e. The van der Waals surface area contributed by atoms with Gasteiger partial charge in [0.25, 0.3) is 0 Å². The minimum absolute atomic E-state index is 0.0830. The van der Waals surface area contributed by atoms with Crippen LogP contribution < -0.4 is 9.77 Å². The van der Waals surface area contributed by atoms with Crippen LogP contribution in [0.15, 0.2) is 64.4 Å². The van der Waals surface area contributed by atoms with Gasteiger partial charge in [-0.15, -0.1) is 0 Å². The highest BCUT2D eigenvalue weighted by Crippen LogP contribution is 2.53. The zero-order valence-corrected chi connectivity index (χ0v) is 21.5. The van der Waals surface area contributed by atoms with Crippen molar-refractivity contribution in [3.05, 3.63) is 80.5 Å². The summed E-state index contributed by atoms with van der Waals surface area (Å²) in [5.41, 5.74) is 1.15. The summed E-state index contributed by atoms with van der Waals surface area (Å²) in [7, 11) is 0. The second-order valence-electron chi connectivity index (χ2n) is 9.51. The molecular weight excluding hydrogens is 513 g/mol. The molecule has 7 nitrogen and oxygen atoms in total. The highest BCUT2D eigenvalue weighted by atomic mass is 32.2. The molecule has 3 aliphatic heterocycles. The van der Waals surface area contributed by atoms with E-state index < -0.39 is 28.8 Å². The predicted molar refractivity (Wildman–Crippen MR) is 139 cm³/mol. The fourth-order valence-electron chi connectivity index (χ4n) is 5.50. The van der Waals surface area contributed by atoms with Gasteiger partial charge in [0.15, 0.2) is 0 Å². The van der Waals surface area contributed by atoms with Crippen molar-refractivity contribution in [1.82, 2.24) is 9.47 Å². The first-order valence-electron chi connectivity index (χ1n) is 12.3. The van der Waals surface area contributed by atoms with Crippen LogP contribution in [0.3, 0.4) is 0 Å². The van der Waals surface area contributed by atoms with Crippen LogP contribution in [-0.2, 0) is 20.9 Å². The van der Waals surface area contributed by atoms with E-state index in [1.807, 2.05) is 30.3 Å². The standard InChI is InChI=1S/C27H24FN3O4S2/c28-17-9-11-18(12-10-17)31-24(33)21-20(16-7-3-1-4-8-16)23-26(36-22(21)25(31)34)30(27(35)37-23)15-19(32)29-13-5-2-6-14-29/h1,3-4,7-12,20-22H,2,5-6,13-15H2/t20-,21?,22?/m1/s1. The number of fused-ring (bicyclic) bond motifs is 2. The van der Waals surface area contributed by atoms with Gasteiger partial charge < -0.3 is 4.90 Å². The summed E-state index contributed by atoms with van der Waals surface area (Å²) in [6.07, 6.45) is 3.00. The molecule has 3 atom stereocenters. The van der Waals surface area contributed by atoms with Crippen LogP contribution in [0, 0.1) is 11.7 Å². The third-order valence-corrected chi connectivity index (χ3v) is 9.90. The van der Waals surface area contributed by atoms with E-state index in [2.05, 4.69) is 0 Å². The number of nitrogens with zero attached hydrogens (tertiary/aromatic N) is 3. The Labute approximate surface area is 220 Å². The number of aromatic nitrogens is 1. The molecule has 2 fully saturated rings. The molecular formula is C27H24FN3O4S2. The summed E-state index contributed by atoms with van der Waals surface area (Å²) in [6.45, 7) is 1.29. The molecule has 0 radical (unpaired) electrons. The van der Waals surface area contributed by atoms with Gasteiger partial charge in [0, 0.05) is 23.9 Å². The van der Waals surface area contributed by atoms with Gasteiger partial charge in [0.1, 0.15) is 17.6 Å². The fourth-order valence-corrected chi connectivity index (χ4v) is 8.27. The first-order chi connectivity index (χ1) is 17.9. The van der Waals surface area contributed by atoms with E-state index in [0.717, 1.165) is 41.1 Å². The maximum atomic E-state index is 13.8. The lowest BCUT2D eigenvalue weighted by Gasteiger charge is -2.31. The van der Waals surface area contributed by atoms with Gasteiger partial charge in [-0.05, 0) is 49.1 Å². The van der Waals surface area contributed by atoms with Gasteiger partial charge in [-0.1, -0.05) is 53.4 Å². The van der Waals surface area contributed by atoms with Crippen molar-refractivity contribution >= 4 is 46.5 Å². The lowest BCUT2D eigenvalue weighted by Crippen LogP contribution is -2.39. The average Bonchev–Trinajstić information content (AvgIpc) is 3.36. The third-order valence-electron chi connectivity index (χ3n) is 7.29. The van der Waals surface area contributed by atoms with Gasteiger partial charge in [-0.2, -0.15) is 0 Å². The fraction of sp³-hybridized carbons (Fsp3) is 0.333. The number of thiazole rings is 1. The maximum absolute atomic E-state index is 13.8. The highest BCUT2D eigenvalue weighted by molar-refractivity contribution is 8.00. The Kier molecular flexibility index (Phi) is 6.24. The molecule has 3 aromatic rings. The van der Waals surface area contributed by atoms with E-state index >= 15 is 0 Å². The molecule has 3 amide bonds. The Bertz CT molecular complexity index is 1430. The number of amides is 3. The number of carbonyl (C=O) groups is 3. The molecule has 0 bridgehead atoms. The van der Waals surface area contributed by atoms with E-state index in [4.69, 9.17) is 0 Å². The SMILES string of the molecule is O=C(Cn1c2c(sc1=O)[C@H](c1ccccc1)C1C(=O)N(c3ccc(F)cc3)C(=O)C1S2)N1CCCCC1. The van der Waals surface area contributed by atoms with Gasteiger partial charge in [-0.3, -0.25) is 23.7 Å². The summed E-state index contributed by atoms with van der Waals surface area (Å²) >= 11 is 2.24. The van der Waals surface area contributed by atoms with Crippen LogP contribution in [0.2, 0.25) is 0 Å². The normalized spacial score (nSPS) is 23.2. The smallest absolute Gasteiger partial charge is 0.308 e. The van der Waals surface area contributed by atoms with Gasteiger partial charge in [0.2, 0.25) is 17.7 Å². The summed E-state index contributed by atoms with van der Waals surface area (Å²) in [4.78, 5) is 57.0. The molecule has 1 aromatic heterocycles. The van der Waals surface area contributed by atoms with Gasteiger partial charge in [0.05, 0.1) is 16.6 Å². The van der Waals surface area contributed by atoms with Crippen molar-refractivity contribution in [3.8, 4) is 0 Å². The number of likely N-dealkylation sites (tertiary alicyclic amines) is 1. The highest BCUT2D eigenvalue weighted by Gasteiger charge is 2.56. The molecule has 190 valence electrons. The lowest BCUT2D eigenvalue weighted by molar-refractivity contribution is -0.133. The van der Waals surface area contributed by atoms with Crippen molar-refractivity contribution in [2.75, 3.05) is 18.0 Å². The molecule has 0 spiro atoms. The number of piperidine rings is 1. The number of benzene rings is 2. The van der Waals surface area contributed by atoms with Gasteiger partial charge in [-0.25, -0.2) is 9.29 Å². The molecule has 3 aliphatic rings. The van der Waals surface area contributed by atoms with Crippen LogP contribution in [0.1, 0.15) is 35.6 Å². The van der Waals surface area contributed by atoms with E-state index in [1.165, 1.54) is 40.6 Å². The van der Waals surface area contributed by atoms with E-state index in [9.17, 15) is 23.6 Å². The zero-order valence-electron chi connectivity index (χ0n) is 19.8. The number of rotatable bonds is 4. The summed E-state index contributed by atoms with van der Waals surface area (Å²) in [5.74, 6) is -2.56. The lowest BCUT2D eigenvalue weighted by atomic mass is 9.83. The number of hydrogen-bond acceptors (Lipinski definition) is 6. The Morgan fingerprint density at radius 3 is 2.32 bits per heavy atom. The molecule has 10 heteroatoms. The molecule has 37 heavy (non-hydrogen) atoms. The van der Waals surface area contributed by atoms with E-state index in [1.54, 1.807) is 4.90 Å². The van der Waals surface area contributed by atoms with Crippen molar-refractivity contribution in [2.24, 2.45) is 5.92 Å². The summed E-state index contributed by atoms with van der Waals surface area (Å²) < 4.78 is 15.0. The average molecular weight is 538 g/mol. The Hall–Kier alpha value is -3.24. The van der Waals surface area contributed by atoms with Crippen molar-refractivity contribution in [2.45, 2.75) is 42.0 Å². The van der Waals surface area contributed by atoms with E-state index in [-0.39, 0.29) is 23.2 Å². The van der Waals surface area contributed by atoms with Gasteiger partial charge >= 0.3 is 4.87 Å². The number of anilines is 1. The number of hydrogen-bond donors (Lipinski definition) is 0. The first-order valence-corrected chi connectivity index (χ1v) is 14.0. The second-order valence-corrected chi connectivity index (χ2v) is 11.6. The Morgan fingerprint density at radius 2 is 1.62 bits per heavy atom. The van der Waals surface area contributed by atoms with E-state index in [0.29, 0.717) is 28.7 Å². The van der Waals surface area contributed by atoms with Crippen LogP contribution in [0.5, 0.6) is 0 Å². The Morgan fingerprint density at radius 1 is 0.919 bits per heavy atom. The van der Waals surface area contributed by atoms with Crippen molar-refractivity contribution < 1.29 is 18.8 Å².